The van der Waals surface area contributed by atoms with E-state index < -0.39 is 22.8 Å². The van der Waals surface area contributed by atoms with Gasteiger partial charge in [-0.3, -0.25) is 15.0 Å². The van der Waals surface area contributed by atoms with Crippen molar-refractivity contribution in [3.8, 4) is 0 Å². The Labute approximate surface area is 224 Å². The summed E-state index contributed by atoms with van der Waals surface area (Å²) in [6.07, 6.45) is 3.69. The molecule has 0 saturated carbocycles. The molecule has 0 spiro atoms. The Morgan fingerprint density at radius 3 is 2.42 bits per heavy atom. The van der Waals surface area contributed by atoms with Crippen LogP contribution in [0.25, 0.3) is 0 Å². The summed E-state index contributed by atoms with van der Waals surface area (Å²) in [7, 11) is 1.28. The second-order valence-corrected chi connectivity index (χ2v) is 10.7. The number of nitro groups is 1. The smallest absolute Gasteiger partial charge is 0.338 e. The molecule has 10 nitrogen and oxygen atoms in total. The van der Waals surface area contributed by atoms with Gasteiger partial charge in [0.1, 0.15) is 0 Å². The number of carbonyl (C=O) groups excluding carboxylic acids is 2. The van der Waals surface area contributed by atoms with E-state index in [1.165, 1.54) is 19.2 Å². The van der Waals surface area contributed by atoms with Gasteiger partial charge < -0.3 is 19.7 Å². The number of non-ortho nitro benzene ring substituents is 1. The predicted octanol–water partition coefficient (Wildman–Crippen LogP) is 3.62. The van der Waals surface area contributed by atoms with Crippen LogP contribution in [0.2, 0.25) is 0 Å². The quantitative estimate of drug-likeness (QED) is 0.211. The molecule has 1 aromatic rings. The number of benzene rings is 1. The zero-order chi connectivity index (χ0) is 28.0. The zero-order valence-corrected chi connectivity index (χ0v) is 22.9. The van der Waals surface area contributed by atoms with Crippen molar-refractivity contribution < 1.29 is 24.0 Å². The average molecular weight is 527 g/mol. The van der Waals surface area contributed by atoms with Crippen LogP contribution in [0.3, 0.4) is 0 Å². The van der Waals surface area contributed by atoms with Crippen molar-refractivity contribution in [2.75, 3.05) is 53.0 Å². The van der Waals surface area contributed by atoms with Crippen LogP contribution < -0.4 is 5.32 Å². The van der Waals surface area contributed by atoms with Crippen LogP contribution in [0.1, 0.15) is 49.5 Å². The Morgan fingerprint density at radius 2 is 1.82 bits per heavy atom. The Morgan fingerprint density at radius 1 is 1.16 bits per heavy atom. The number of hydrogen-bond acceptors (Lipinski definition) is 9. The monoisotopic (exact) mass is 526 g/mol. The van der Waals surface area contributed by atoms with Crippen LogP contribution in [0.15, 0.2) is 53.9 Å². The van der Waals surface area contributed by atoms with Crippen molar-refractivity contribution in [3.05, 3.63) is 75.1 Å². The number of ether oxygens (including phenoxy) is 2. The Balaban J connectivity index is 1.77. The molecular formula is C28H38N4O6. The van der Waals surface area contributed by atoms with Gasteiger partial charge in [-0.2, -0.15) is 0 Å². The van der Waals surface area contributed by atoms with Gasteiger partial charge in [0.15, 0.2) is 0 Å². The van der Waals surface area contributed by atoms with Gasteiger partial charge in [0.05, 0.1) is 29.8 Å². The average Bonchev–Trinajstić information content (AvgIpc) is 2.87. The Bertz CT molecular complexity index is 1150. The molecule has 0 bridgehead atoms. The molecule has 1 unspecified atom stereocenters. The fourth-order valence-corrected chi connectivity index (χ4v) is 4.97. The van der Waals surface area contributed by atoms with E-state index in [0.717, 1.165) is 45.0 Å². The molecule has 2 aliphatic heterocycles. The van der Waals surface area contributed by atoms with Gasteiger partial charge in [-0.25, -0.2) is 9.59 Å². The largest absolute Gasteiger partial charge is 0.466 e. The van der Waals surface area contributed by atoms with E-state index in [2.05, 4.69) is 21.7 Å². The first-order chi connectivity index (χ1) is 17.9. The van der Waals surface area contributed by atoms with E-state index >= 15 is 0 Å². The summed E-state index contributed by atoms with van der Waals surface area (Å²) in [5.74, 6) is -1.81. The van der Waals surface area contributed by atoms with Crippen molar-refractivity contribution in [2.24, 2.45) is 5.41 Å². The summed E-state index contributed by atoms with van der Waals surface area (Å²) >= 11 is 0. The number of esters is 2. The maximum atomic E-state index is 13.1. The first-order valence-corrected chi connectivity index (χ1v) is 12.7. The molecule has 2 heterocycles. The molecule has 0 aliphatic carbocycles. The van der Waals surface area contributed by atoms with Gasteiger partial charge in [0, 0.05) is 74.1 Å². The van der Waals surface area contributed by atoms with E-state index in [9.17, 15) is 19.7 Å². The number of allylic oxidation sites excluding steroid dienone is 3. The van der Waals surface area contributed by atoms with E-state index in [1.54, 1.807) is 19.1 Å². The molecule has 206 valence electrons. The molecule has 38 heavy (non-hydrogen) atoms. The van der Waals surface area contributed by atoms with E-state index in [4.69, 9.17) is 9.47 Å². The number of nitrogens with one attached hydrogen (secondary N) is 1. The summed E-state index contributed by atoms with van der Waals surface area (Å²) in [4.78, 5) is 41.5. The third-order valence-electron chi connectivity index (χ3n) is 6.77. The van der Waals surface area contributed by atoms with E-state index in [1.807, 2.05) is 26.8 Å². The summed E-state index contributed by atoms with van der Waals surface area (Å²) in [6.45, 7) is 17.0. The summed E-state index contributed by atoms with van der Waals surface area (Å²) in [6, 6.07) is 4.14. The van der Waals surface area contributed by atoms with Crippen molar-refractivity contribution >= 4 is 17.6 Å². The molecule has 1 aromatic carbocycles. The topological polar surface area (TPSA) is 114 Å². The molecule has 1 atom stereocenters. The molecule has 3 rings (SSSR count). The van der Waals surface area contributed by atoms with Gasteiger partial charge in [-0.05, 0) is 25.5 Å². The number of methoxy groups -OCH3 is 1. The maximum absolute atomic E-state index is 13.1. The minimum absolute atomic E-state index is 0.0643. The van der Waals surface area contributed by atoms with E-state index in [0.29, 0.717) is 16.8 Å². The second kappa shape index (κ2) is 12.4. The molecule has 0 aromatic heterocycles. The van der Waals surface area contributed by atoms with Crippen molar-refractivity contribution in [2.45, 2.75) is 33.6 Å². The Kier molecular flexibility index (Phi) is 9.45. The van der Waals surface area contributed by atoms with Crippen LogP contribution in [0.4, 0.5) is 5.69 Å². The molecule has 0 radical (unpaired) electrons. The lowest BCUT2D eigenvalue weighted by atomic mass is 9.86. The molecular weight excluding hydrogens is 488 g/mol. The van der Waals surface area contributed by atoms with Crippen molar-refractivity contribution in [1.29, 1.82) is 0 Å². The molecule has 1 N–H and O–H groups in total. The highest BCUT2D eigenvalue weighted by Crippen LogP contribution is 2.35. The number of nitrogens with zero attached hydrogens (tertiary/aromatic N) is 3. The number of nitro benzene ring substituents is 1. The highest BCUT2D eigenvalue weighted by Gasteiger charge is 2.31. The standard InChI is InChI=1S/C28H38N4O6/c1-7-8-30-9-11-31(12-10-30)17-28(4,5)18-38-26(33)22-14-21(15-23(16-22)32(35)36)24-13-19(2)29-20(3)25(24)27(34)37-6/h7,13-16,24,29H,1,8-12,17-18H2,2-6H3. The summed E-state index contributed by atoms with van der Waals surface area (Å²) in [5.41, 5.74) is 1.63. The highest BCUT2D eigenvalue weighted by atomic mass is 16.6. The number of hydrogen-bond donors (Lipinski definition) is 1. The van der Waals surface area contributed by atoms with Gasteiger partial charge in [0.25, 0.3) is 5.69 Å². The minimum Gasteiger partial charge on any atom is -0.466 e. The normalized spacial score (nSPS) is 18.9. The fraction of sp³-hybridized carbons (Fsp3) is 0.500. The minimum atomic E-state index is -0.645. The molecule has 1 fully saturated rings. The summed E-state index contributed by atoms with van der Waals surface area (Å²) in [5, 5.41) is 14.8. The van der Waals surface area contributed by atoms with Gasteiger partial charge >= 0.3 is 11.9 Å². The second-order valence-electron chi connectivity index (χ2n) is 10.7. The van der Waals surface area contributed by atoms with Gasteiger partial charge in [-0.1, -0.05) is 26.0 Å². The van der Waals surface area contributed by atoms with Gasteiger partial charge in [-0.15, -0.1) is 6.58 Å². The van der Waals surface area contributed by atoms with Crippen LogP contribution >= 0.6 is 0 Å². The molecule has 2 aliphatic rings. The molecule has 1 saturated heterocycles. The predicted molar refractivity (Wildman–Crippen MR) is 145 cm³/mol. The van der Waals surface area contributed by atoms with Gasteiger partial charge in [0.2, 0.25) is 0 Å². The number of piperazine rings is 1. The third-order valence-corrected chi connectivity index (χ3v) is 6.77. The highest BCUT2D eigenvalue weighted by molar-refractivity contribution is 5.93. The fourth-order valence-electron chi connectivity index (χ4n) is 4.97. The number of rotatable bonds is 10. The lowest BCUT2D eigenvalue weighted by Gasteiger charge is -2.38. The summed E-state index contributed by atoms with van der Waals surface area (Å²) < 4.78 is 10.6. The van der Waals surface area contributed by atoms with E-state index in [-0.39, 0.29) is 23.3 Å². The van der Waals surface area contributed by atoms with Crippen LogP contribution in [0, 0.1) is 15.5 Å². The van der Waals surface area contributed by atoms with Crippen molar-refractivity contribution in [3.63, 3.8) is 0 Å². The lowest BCUT2D eigenvalue weighted by molar-refractivity contribution is -0.385. The van der Waals surface area contributed by atoms with Crippen LogP contribution in [-0.4, -0.2) is 79.6 Å². The lowest BCUT2D eigenvalue weighted by Crippen LogP contribution is -2.49. The zero-order valence-electron chi connectivity index (χ0n) is 22.9. The maximum Gasteiger partial charge on any atom is 0.338 e. The Hall–Kier alpha value is -3.50. The SMILES string of the molecule is C=CCN1CCN(CC(C)(C)COC(=O)c2cc(C3C=C(C)NC(C)=C3C(=O)OC)cc([N+](=O)[O-])c2)CC1. The third kappa shape index (κ3) is 7.29. The first-order valence-electron chi connectivity index (χ1n) is 12.7. The van der Waals surface area contributed by atoms with Crippen LogP contribution in [-0.2, 0) is 14.3 Å². The van der Waals surface area contributed by atoms with Crippen molar-refractivity contribution in [1.82, 2.24) is 15.1 Å². The van der Waals surface area contributed by atoms with Crippen LogP contribution in [0.5, 0.6) is 0 Å². The first kappa shape index (κ1) is 29.1. The molecule has 10 heteroatoms. The number of carbonyl (C=O) groups is 2. The number of dihydropyridines is 1. The molecule has 0 amide bonds.